The third kappa shape index (κ3) is 13.9. The van der Waals surface area contributed by atoms with Gasteiger partial charge in [0.15, 0.2) is 6.10 Å². The molecule has 0 radical (unpaired) electrons. The first kappa shape index (κ1) is 37.4. The molecule has 0 aliphatic heterocycles. The highest BCUT2D eigenvalue weighted by Gasteiger charge is 2.34. The van der Waals surface area contributed by atoms with Gasteiger partial charge in [-0.25, -0.2) is 23.1 Å². The van der Waals surface area contributed by atoms with E-state index >= 15 is 0 Å². The second kappa shape index (κ2) is 18.3. The van der Waals surface area contributed by atoms with Crippen LogP contribution < -0.4 is 37.5 Å². The average molecular weight is 664 g/mol. The Balaban J connectivity index is 2.16. The molecule has 0 aliphatic carbocycles. The minimum Gasteiger partial charge on any atom is -0.435 e. The number of benzene rings is 2. The molecule has 2 aromatic carbocycles. The number of carbonyl (C=O) groups is 5. The van der Waals surface area contributed by atoms with Crippen molar-refractivity contribution in [2.24, 2.45) is 16.8 Å². The number of alkyl carbamates (subject to hydrolysis) is 1. The van der Waals surface area contributed by atoms with E-state index < -0.39 is 69.7 Å². The number of carbonyl (C=O) groups excluding carboxylic acids is 5. The molecule has 0 spiro atoms. The van der Waals surface area contributed by atoms with Crippen molar-refractivity contribution in [1.29, 1.82) is 0 Å². The van der Waals surface area contributed by atoms with Gasteiger partial charge in [-0.2, -0.15) is 0 Å². The quantitative estimate of drug-likeness (QED) is 0.104. The zero-order valence-electron chi connectivity index (χ0n) is 25.5. The third-order valence-corrected chi connectivity index (χ3v) is 7.23. The van der Waals surface area contributed by atoms with E-state index in [-0.39, 0.29) is 32.5 Å². The Morgan fingerprint density at radius 3 is 2.09 bits per heavy atom. The normalized spacial score (nSPS) is 13.1. The van der Waals surface area contributed by atoms with Crippen molar-refractivity contribution in [3.8, 4) is 0 Å². The van der Waals surface area contributed by atoms with Crippen LogP contribution in [0, 0.1) is 5.92 Å². The lowest BCUT2D eigenvalue weighted by Gasteiger charge is -2.27. The van der Waals surface area contributed by atoms with E-state index in [0.717, 1.165) is 5.56 Å². The van der Waals surface area contributed by atoms with E-state index in [2.05, 4.69) is 26.6 Å². The molecule has 3 atom stereocenters. The van der Waals surface area contributed by atoms with Gasteiger partial charge in [-0.1, -0.05) is 56.3 Å². The fourth-order valence-electron chi connectivity index (χ4n) is 4.07. The number of amides is 6. The predicted octanol–water partition coefficient (Wildman–Crippen LogP) is -0.225. The van der Waals surface area contributed by atoms with E-state index in [1.54, 1.807) is 68.4 Å². The molecule has 0 saturated heterocycles. The second-order valence-electron chi connectivity index (χ2n) is 10.6. The molecular formula is C29H41N7O9S. The van der Waals surface area contributed by atoms with Crippen molar-refractivity contribution in [3.63, 3.8) is 0 Å². The van der Waals surface area contributed by atoms with E-state index in [4.69, 9.17) is 15.6 Å². The van der Waals surface area contributed by atoms with Gasteiger partial charge < -0.3 is 42.2 Å². The molecule has 0 heterocycles. The second-order valence-corrected chi connectivity index (χ2v) is 12.3. The van der Waals surface area contributed by atoms with Crippen molar-refractivity contribution in [3.05, 3.63) is 65.7 Å². The molecule has 0 aromatic heterocycles. The van der Waals surface area contributed by atoms with Crippen LogP contribution in [-0.4, -0.2) is 73.9 Å². The fraction of sp³-hybridized carbons (Fsp3) is 0.414. The van der Waals surface area contributed by atoms with Gasteiger partial charge in [-0.05, 0) is 42.0 Å². The topological polar surface area (TPSA) is 261 Å². The Morgan fingerprint density at radius 1 is 0.870 bits per heavy atom. The number of rotatable bonds is 17. The Bertz CT molecular complexity index is 1440. The number of urea groups is 1. The molecule has 252 valence electrons. The molecule has 16 nitrogen and oxygen atoms in total. The predicted molar refractivity (Wildman–Crippen MR) is 168 cm³/mol. The third-order valence-electron chi connectivity index (χ3n) is 6.46. The number of anilines is 1. The highest BCUT2D eigenvalue weighted by Crippen LogP contribution is 2.12. The van der Waals surface area contributed by atoms with Gasteiger partial charge >= 0.3 is 12.1 Å². The smallest absolute Gasteiger partial charge is 0.408 e. The van der Waals surface area contributed by atoms with E-state index in [1.807, 2.05) is 0 Å². The Labute approximate surface area is 267 Å². The van der Waals surface area contributed by atoms with Gasteiger partial charge in [0.05, 0.1) is 6.61 Å². The van der Waals surface area contributed by atoms with Gasteiger partial charge in [-0.3, -0.25) is 14.4 Å². The van der Waals surface area contributed by atoms with E-state index in [9.17, 15) is 37.5 Å². The first-order valence-electron chi connectivity index (χ1n) is 14.3. The maximum absolute atomic E-state index is 13.4. The summed E-state index contributed by atoms with van der Waals surface area (Å²) in [6.45, 7) is 3.15. The number of nitrogens with one attached hydrogen (secondary N) is 5. The van der Waals surface area contributed by atoms with Crippen LogP contribution in [0.25, 0.3) is 0 Å². The lowest BCUT2D eigenvalue weighted by molar-refractivity contribution is -0.135. The maximum Gasteiger partial charge on any atom is 0.408 e. The minimum absolute atomic E-state index is 0.0321. The lowest BCUT2D eigenvalue weighted by atomic mass is 10.0. The average Bonchev–Trinajstić information content (AvgIpc) is 2.99. The van der Waals surface area contributed by atoms with Gasteiger partial charge in [0, 0.05) is 18.8 Å². The molecule has 2 rings (SSSR count). The number of primary sulfonamides is 1. The van der Waals surface area contributed by atoms with Crippen molar-refractivity contribution in [2.75, 3.05) is 17.6 Å². The maximum atomic E-state index is 13.4. The first-order chi connectivity index (χ1) is 21.7. The SMILES string of the molecule is CC(C)[C@H](NC(=O)[C@H](CS(N)(=O)=O)OC(=O)NCc1ccccc1)C(=O)N[C@@H](CCCNC(N)=O)C(=O)Nc1ccc(CO)cc1. The molecule has 0 saturated carbocycles. The van der Waals surface area contributed by atoms with Crippen molar-refractivity contribution in [1.82, 2.24) is 21.3 Å². The monoisotopic (exact) mass is 663 g/mol. The molecule has 0 unspecified atom stereocenters. The number of ether oxygens (including phenoxy) is 1. The zero-order chi connectivity index (χ0) is 34.3. The Morgan fingerprint density at radius 2 is 1.52 bits per heavy atom. The summed E-state index contributed by atoms with van der Waals surface area (Å²) in [6, 6.07) is 11.9. The van der Waals surface area contributed by atoms with E-state index in [0.29, 0.717) is 11.3 Å². The molecule has 2 aromatic rings. The van der Waals surface area contributed by atoms with Crippen LogP contribution in [0.4, 0.5) is 15.3 Å². The first-order valence-corrected chi connectivity index (χ1v) is 16.0. The molecule has 0 fully saturated rings. The number of hydrogen-bond acceptors (Lipinski definition) is 9. The summed E-state index contributed by atoms with van der Waals surface area (Å²) in [7, 11) is -4.31. The van der Waals surface area contributed by atoms with Crippen LogP contribution in [0.3, 0.4) is 0 Å². The number of aliphatic hydroxyl groups excluding tert-OH is 1. The Hall–Kier alpha value is -4.74. The van der Waals surface area contributed by atoms with Crippen LogP contribution in [0.15, 0.2) is 54.6 Å². The zero-order valence-corrected chi connectivity index (χ0v) is 26.3. The van der Waals surface area contributed by atoms with Gasteiger partial charge in [0.1, 0.15) is 17.8 Å². The summed E-state index contributed by atoms with van der Waals surface area (Å²) < 4.78 is 28.8. The molecule has 46 heavy (non-hydrogen) atoms. The number of hydrogen-bond donors (Lipinski definition) is 8. The molecule has 17 heteroatoms. The van der Waals surface area contributed by atoms with Crippen LogP contribution in [0.2, 0.25) is 0 Å². The molecule has 0 aliphatic rings. The van der Waals surface area contributed by atoms with Crippen LogP contribution in [-0.2, 0) is 42.3 Å². The molecule has 0 bridgehead atoms. The number of nitrogens with two attached hydrogens (primary N) is 2. The fourth-order valence-corrected chi connectivity index (χ4v) is 4.71. The minimum atomic E-state index is -4.31. The van der Waals surface area contributed by atoms with Crippen LogP contribution in [0.1, 0.15) is 37.8 Å². The van der Waals surface area contributed by atoms with Crippen LogP contribution in [0.5, 0.6) is 0 Å². The highest BCUT2D eigenvalue weighted by molar-refractivity contribution is 7.89. The summed E-state index contributed by atoms with van der Waals surface area (Å²) in [4.78, 5) is 63.2. The lowest BCUT2D eigenvalue weighted by Crippen LogP contribution is -2.57. The molecular weight excluding hydrogens is 622 g/mol. The largest absolute Gasteiger partial charge is 0.435 e. The van der Waals surface area contributed by atoms with Crippen molar-refractivity contribution >= 4 is 45.6 Å². The summed E-state index contributed by atoms with van der Waals surface area (Å²) in [5.41, 5.74) is 6.82. The van der Waals surface area contributed by atoms with Gasteiger partial charge in [0.25, 0.3) is 5.91 Å². The molecule has 6 amide bonds. The summed E-state index contributed by atoms with van der Waals surface area (Å²) >= 11 is 0. The van der Waals surface area contributed by atoms with Gasteiger partial charge in [-0.15, -0.1) is 0 Å². The number of aliphatic hydroxyl groups is 1. The molecule has 10 N–H and O–H groups in total. The Kier molecular flexibility index (Phi) is 14.9. The summed E-state index contributed by atoms with van der Waals surface area (Å²) in [6.07, 6.45) is -2.69. The summed E-state index contributed by atoms with van der Waals surface area (Å²) in [5.74, 6) is -4.13. The van der Waals surface area contributed by atoms with E-state index in [1.165, 1.54) is 0 Å². The van der Waals surface area contributed by atoms with Gasteiger partial charge in [0.2, 0.25) is 21.8 Å². The summed E-state index contributed by atoms with van der Waals surface area (Å²) in [5, 5.41) is 26.9. The van der Waals surface area contributed by atoms with Crippen molar-refractivity contribution < 1.29 is 42.2 Å². The number of primary amides is 1. The van der Waals surface area contributed by atoms with Crippen LogP contribution >= 0.6 is 0 Å². The standard InChI is InChI=1S/C29H41N7O9S/c1-18(2)24(36-26(39)23(17-46(31,43)44)45-29(42)33-15-19-7-4-3-5-8-19)27(40)35-22(9-6-14-32-28(30)41)25(38)34-21-12-10-20(16-37)11-13-21/h3-5,7-8,10-13,18,22-24,37H,6,9,14-17H2,1-2H3,(H,33,42)(H,34,38)(H,35,40)(H,36,39)(H3,30,32,41)(H2,31,43,44)/t22-,23-,24-/m0/s1. The van der Waals surface area contributed by atoms with Crippen molar-refractivity contribution in [2.45, 2.75) is 58.0 Å². The highest BCUT2D eigenvalue weighted by atomic mass is 32.2. The number of sulfonamides is 1.